The van der Waals surface area contributed by atoms with E-state index < -0.39 is 23.7 Å². The van der Waals surface area contributed by atoms with E-state index in [1.807, 2.05) is 18.2 Å². The van der Waals surface area contributed by atoms with Crippen molar-refractivity contribution < 1.29 is 18.0 Å². The third kappa shape index (κ3) is 3.95. The van der Waals surface area contributed by atoms with Crippen LogP contribution in [-0.2, 0) is 11.2 Å². The van der Waals surface area contributed by atoms with E-state index in [1.54, 1.807) is 26.0 Å². The molecule has 0 radical (unpaired) electrons. The van der Waals surface area contributed by atoms with Crippen LogP contribution < -0.4 is 5.43 Å². The SMILES string of the molecule is CCCCc1cccc2ccc(C(N3NC(=O)CC3(C)C)C(F)(F)F)cc12. The number of alkyl halides is 3. The lowest BCUT2D eigenvalue weighted by atomic mass is 9.93. The molecule has 1 heterocycles. The number of nitrogens with one attached hydrogen (secondary N) is 1. The zero-order valence-corrected chi connectivity index (χ0v) is 15.9. The first-order valence-electron chi connectivity index (χ1n) is 9.30. The Morgan fingerprint density at radius 3 is 2.56 bits per heavy atom. The van der Waals surface area contributed by atoms with E-state index in [0.29, 0.717) is 0 Å². The number of nitrogens with zero attached hydrogens (tertiary/aromatic N) is 1. The predicted octanol–water partition coefficient (Wildman–Crippen LogP) is 5.30. The van der Waals surface area contributed by atoms with Gasteiger partial charge in [0.15, 0.2) is 6.04 Å². The minimum Gasteiger partial charge on any atom is -0.287 e. The van der Waals surface area contributed by atoms with Gasteiger partial charge in [0.1, 0.15) is 0 Å². The summed E-state index contributed by atoms with van der Waals surface area (Å²) in [5.74, 6) is -0.390. The van der Waals surface area contributed by atoms with Gasteiger partial charge in [-0.05, 0) is 54.7 Å². The average Bonchev–Trinajstić information content (AvgIpc) is 2.84. The van der Waals surface area contributed by atoms with Crippen LogP contribution in [0, 0.1) is 0 Å². The van der Waals surface area contributed by atoms with Crippen LogP contribution in [0.4, 0.5) is 13.2 Å². The number of rotatable bonds is 5. The molecule has 2 aromatic carbocycles. The van der Waals surface area contributed by atoms with Crippen molar-refractivity contribution in [2.75, 3.05) is 0 Å². The quantitative estimate of drug-likeness (QED) is 0.766. The molecule has 0 saturated carbocycles. The molecule has 3 nitrogen and oxygen atoms in total. The van der Waals surface area contributed by atoms with E-state index in [-0.39, 0.29) is 12.0 Å². The summed E-state index contributed by atoms with van der Waals surface area (Å²) in [6, 6.07) is 8.85. The number of hydrogen-bond acceptors (Lipinski definition) is 2. The first-order valence-corrected chi connectivity index (χ1v) is 9.30. The van der Waals surface area contributed by atoms with Crippen molar-refractivity contribution >= 4 is 16.7 Å². The Balaban J connectivity index is 2.10. The van der Waals surface area contributed by atoms with Crippen LogP contribution in [-0.4, -0.2) is 22.6 Å². The number of aryl methyl sites for hydroxylation is 1. The lowest BCUT2D eigenvalue weighted by molar-refractivity contribution is -0.203. The molecule has 1 aliphatic rings. The lowest BCUT2D eigenvalue weighted by Gasteiger charge is -2.38. The van der Waals surface area contributed by atoms with Gasteiger partial charge in [-0.25, -0.2) is 0 Å². The molecular formula is C21H25F3N2O. The molecule has 1 aliphatic heterocycles. The summed E-state index contributed by atoms with van der Waals surface area (Å²) in [6.07, 6.45) is -1.63. The first-order chi connectivity index (χ1) is 12.6. The van der Waals surface area contributed by atoms with Crippen molar-refractivity contribution in [1.29, 1.82) is 0 Å². The van der Waals surface area contributed by atoms with Crippen LogP contribution in [0.1, 0.15) is 57.2 Å². The number of hydrazine groups is 1. The molecule has 0 bridgehead atoms. The normalized spacial score (nSPS) is 18.7. The molecule has 1 amide bonds. The van der Waals surface area contributed by atoms with Crippen molar-refractivity contribution in [2.24, 2.45) is 0 Å². The van der Waals surface area contributed by atoms with Crippen molar-refractivity contribution in [3.63, 3.8) is 0 Å². The van der Waals surface area contributed by atoms with Gasteiger partial charge < -0.3 is 0 Å². The van der Waals surface area contributed by atoms with Gasteiger partial charge in [-0.15, -0.1) is 0 Å². The number of amides is 1. The molecule has 2 aromatic rings. The Bertz CT molecular complexity index is 845. The second-order valence-corrected chi connectivity index (χ2v) is 7.84. The predicted molar refractivity (Wildman–Crippen MR) is 100 cm³/mol. The molecule has 1 saturated heterocycles. The summed E-state index contributed by atoms with van der Waals surface area (Å²) >= 11 is 0. The summed E-state index contributed by atoms with van der Waals surface area (Å²) in [7, 11) is 0. The van der Waals surface area contributed by atoms with E-state index >= 15 is 0 Å². The molecule has 146 valence electrons. The van der Waals surface area contributed by atoms with Crippen molar-refractivity contribution in [3.8, 4) is 0 Å². The highest BCUT2D eigenvalue weighted by Gasteiger charge is 2.52. The van der Waals surface area contributed by atoms with Crippen LogP contribution in [0.15, 0.2) is 36.4 Å². The minimum atomic E-state index is -4.51. The van der Waals surface area contributed by atoms with Crippen LogP contribution >= 0.6 is 0 Å². The maximum absolute atomic E-state index is 14.0. The summed E-state index contributed by atoms with van der Waals surface area (Å²) in [4.78, 5) is 11.8. The number of fused-ring (bicyclic) bond motifs is 1. The fraction of sp³-hybridized carbons (Fsp3) is 0.476. The van der Waals surface area contributed by atoms with Crippen LogP contribution in [0.3, 0.4) is 0 Å². The number of carbonyl (C=O) groups is 1. The fourth-order valence-corrected chi connectivity index (χ4v) is 3.81. The smallest absolute Gasteiger partial charge is 0.287 e. The number of halogens is 3. The molecule has 0 spiro atoms. The number of carbonyl (C=O) groups excluding carboxylic acids is 1. The fourth-order valence-electron chi connectivity index (χ4n) is 3.81. The minimum absolute atomic E-state index is 0.0366. The second-order valence-electron chi connectivity index (χ2n) is 7.84. The van der Waals surface area contributed by atoms with Crippen molar-refractivity contribution in [3.05, 3.63) is 47.5 Å². The van der Waals surface area contributed by atoms with Gasteiger partial charge in [-0.2, -0.15) is 18.2 Å². The largest absolute Gasteiger partial charge is 0.409 e. The lowest BCUT2D eigenvalue weighted by Crippen LogP contribution is -2.51. The maximum Gasteiger partial charge on any atom is 0.409 e. The van der Waals surface area contributed by atoms with Gasteiger partial charge >= 0.3 is 6.18 Å². The highest BCUT2D eigenvalue weighted by Crippen LogP contribution is 2.43. The zero-order valence-electron chi connectivity index (χ0n) is 15.9. The van der Waals surface area contributed by atoms with E-state index in [4.69, 9.17) is 0 Å². The van der Waals surface area contributed by atoms with E-state index in [9.17, 15) is 18.0 Å². The molecular weight excluding hydrogens is 353 g/mol. The highest BCUT2D eigenvalue weighted by molar-refractivity contribution is 5.86. The van der Waals surface area contributed by atoms with Gasteiger partial charge in [0.25, 0.3) is 0 Å². The first kappa shape index (κ1) is 19.7. The van der Waals surface area contributed by atoms with Gasteiger partial charge in [0.05, 0.1) is 0 Å². The zero-order chi connectivity index (χ0) is 19.8. The molecule has 1 N–H and O–H groups in total. The van der Waals surface area contributed by atoms with Crippen LogP contribution in [0.2, 0.25) is 0 Å². The molecule has 0 aliphatic carbocycles. The average molecular weight is 378 g/mol. The molecule has 1 atom stereocenters. The van der Waals surface area contributed by atoms with Crippen LogP contribution in [0.5, 0.6) is 0 Å². The van der Waals surface area contributed by atoms with Crippen molar-refractivity contribution in [2.45, 2.75) is 64.2 Å². The summed E-state index contributed by atoms with van der Waals surface area (Å²) in [6.45, 7) is 5.39. The van der Waals surface area contributed by atoms with E-state index in [0.717, 1.165) is 40.6 Å². The third-order valence-corrected chi connectivity index (χ3v) is 5.17. The van der Waals surface area contributed by atoms with Crippen LogP contribution in [0.25, 0.3) is 10.8 Å². The van der Waals surface area contributed by atoms with Gasteiger partial charge in [0, 0.05) is 12.0 Å². The number of hydrogen-bond donors (Lipinski definition) is 1. The van der Waals surface area contributed by atoms with Crippen molar-refractivity contribution in [1.82, 2.24) is 10.4 Å². The Hall–Kier alpha value is -2.08. The Morgan fingerprint density at radius 1 is 1.22 bits per heavy atom. The summed E-state index contributed by atoms with van der Waals surface area (Å²) < 4.78 is 42.1. The number of unbranched alkanes of at least 4 members (excludes halogenated alkanes) is 1. The van der Waals surface area contributed by atoms with Gasteiger partial charge in [-0.1, -0.05) is 43.7 Å². The summed E-state index contributed by atoms with van der Waals surface area (Å²) in [5.41, 5.74) is 2.70. The molecule has 27 heavy (non-hydrogen) atoms. The Kier molecular flexibility index (Phi) is 5.21. The Morgan fingerprint density at radius 2 is 1.96 bits per heavy atom. The molecule has 1 unspecified atom stereocenters. The van der Waals surface area contributed by atoms with Gasteiger partial charge in [-0.3, -0.25) is 10.2 Å². The monoisotopic (exact) mass is 378 g/mol. The van der Waals surface area contributed by atoms with Gasteiger partial charge in [0.2, 0.25) is 5.91 Å². The van der Waals surface area contributed by atoms with E-state index in [2.05, 4.69) is 12.3 Å². The topological polar surface area (TPSA) is 32.3 Å². The number of benzene rings is 2. The standard InChI is InChI=1S/C21H25F3N2O/c1-4-5-7-14-8-6-9-15-10-11-16(12-17(14)15)19(21(22,23)24)26-20(2,3)13-18(27)25-26/h6,8-12,19H,4-5,7,13H2,1-3H3,(H,25,27). The molecule has 6 heteroatoms. The maximum atomic E-state index is 14.0. The molecule has 1 fully saturated rings. The molecule has 0 aromatic heterocycles. The highest BCUT2D eigenvalue weighted by atomic mass is 19.4. The Labute approximate surface area is 157 Å². The molecule has 3 rings (SSSR count). The second kappa shape index (κ2) is 7.15. The third-order valence-electron chi connectivity index (χ3n) is 5.17. The van der Waals surface area contributed by atoms with E-state index in [1.165, 1.54) is 6.07 Å². The summed E-state index contributed by atoms with van der Waals surface area (Å²) in [5, 5.41) is 2.84.